The summed E-state index contributed by atoms with van der Waals surface area (Å²) >= 11 is 0. The van der Waals surface area contributed by atoms with Crippen molar-refractivity contribution in [3.05, 3.63) is 0 Å². The maximum absolute atomic E-state index is 12.3. The van der Waals surface area contributed by atoms with E-state index in [0.717, 1.165) is 11.5 Å². The first kappa shape index (κ1) is 6.02. The second-order valence-electron chi connectivity index (χ2n) is 3.26. The van der Waals surface area contributed by atoms with Crippen molar-refractivity contribution >= 4 is 0 Å². The molecule has 0 spiro atoms. The molecule has 1 nitrogen and oxygen atoms in total. The van der Waals surface area contributed by atoms with Crippen LogP contribution in [0.25, 0.3) is 0 Å². The van der Waals surface area contributed by atoms with Crippen molar-refractivity contribution in [1.29, 1.82) is 0 Å². The fraction of sp³-hybridized carbons (Fsp3) is 1.00. The summed E-state index contributed by atoms with van der Waals surface area (Å²) in [6.07, 6.45) is 0.990. The van der Waals surface area contributed by atoms with Gasteiger partial charge in [0.25, 0.3) is 0 Å². The van der Waals surface area contributed by atoms with E-state index in [-0.39, 0.29) is 5.41 Å². The van der Waals surface area contributed by atoms with Crippen LogP contribution in [0, 0.1) is 5.41 Å². The van der Waals surface area contributed by atoms with Crippen molar-refractivity contribution in [2.24, 2.45) is 5.41 Å². The van der Waals surface area contributed by atoms with Gasteiger partial charge in [0.15, 0.2) is 0 Å². The molecule has 8 heavy (non-hydrogen) atoms. The summed E-state index contributed by atoms with van der Waals surface area (Å²) in [5.41, 5.74) is 0.217. The van der Waals surface area contributed by atoms with Gasteiger partial charge in [-0.05, 0) is 11.8 Å². The molecule has 48 valence electrons. The third-order valence-corrected chi connectivity index (χ3v) is 1.63. The Kier molecular flexibility index (Phi) is 1.27. The third kappa shape index (κ3) is 1.19. The molecule has 0 atom stereocenters. The van der Waals surface area contributed by atoms with Crippen LogP contribution >= 0.6 is 0 Å². The minimum absolute atomic E-state index is 0.217. The second kappa shape index (κ2) is 1.69. The molecule has 0 unspecified atom stereocenters. The Labute approximate surface area is 49.4 Å². The highest BCUT2D eigenvalue weighted by molar-refractivity contribution is 4.77. The molecule has 0 radical (unpaired) electrons. The lowest BCUT2D eigenvalue weighted by Gasteiger charge is -2.13. The van der Waals surface area contributed by atoms with E-state index >= 15 is 0 Å². The summed E-state index contributed by atoms with van der Waals surface area (Å²) in [6, 6.07) is 0. The molecule has 0 aromatic heterocycles. The maximum atomic E-state index is 12.3. The first-order valence-corrected chi connectivity index (χ1v) is 3.01. The Bertz CT molecular complexity index is 90.5. The highest BCUT2D eigenvalue weighted by Crippen LogP contribution is 2.28. The van der Waals surface area contributed by atoms with Gasteiger partial charge in [-0.25, -0.2) is 0 Å². The Morgan fingerprint density at radius 3 is 2.25 bits per heavy atom. The van der Waals surface area contributed by atoms with Crippen LogP contribution in [0.2, 0.25) is 0 Å². The monoisotopic (exact) mass is 117 g/mol. The second-order valence-corrected chi connectivity index (χ2v) is 3.26. The summed E-state index contributed by atoms with van der Waals surface area (Å²) in [6.45, 7) is 5.40. The molecule has 0 bridgehead atoms. The van der Waals surface area contributed by atoms with Gasteiger partial charge in [-0.3, -0.25) is 0 Å². The van der Waals surface area contributed by atoms with E-state index in [1.54, 1.807) is 0 Å². The molecule has 0 aromatic carbocycles. The number of halogens is 1. The van der Waals surface area contributed by atoms with Crippen molar-refractivity contribution in [2.45, 2.75) is 20.3 Å². The van der Waals surface area contributed by atoms with E-state index in [1.165, 1.54) is 0 Å². The molecule has 0 aromatic rings. The SMILES string of the molecule is CC1(C)CCN(F)C1. The first-order valence-electron chi connectivity index (χ1n) is 3.01. The molecule has 2 heteroatoms. The topological polar surface area (TPSA) is 3.24 Å². The van der Waals surface area contributed by atoms with Crippen LogP contribution in [0.5, 0.6) is 0 Å². The van der Waals surface area contributed by atoms with Crippen LogP contribution in [-0.4, -0.2) is 18.2 Å². The summed E-state index contributed by atoms with van der Waals surface area (Å²) in [4.78, 5) is 0. The van der Waals surface area contributed by atoms with Crippen LogP contribution in [0.1, 0.15) is 20.3 Å². The zero-order valence-corrected chi connectivity index (χ0v) is 5.45. The van der Waals surface area contributed by atoms with Crippen LogP contribution in [0.4, 0.5) is 4.48 Å². The van der Waals surface area contributed by atoms with Crippen molar-refractivity contribution < 1.29 is 4.48 Å². The Balaban J connectivity index is 2.44. The fourth-order valence-corrected chi connectivity index (χ4v) is 1.05. The minimum atomic E-state index is 0.217. The predicted octanol–water partition coefficient (Wildman–Crippen LogP) is 1.60. The molecule has 1 aliphatic heterocycles. The molecule has 0 amide bonds. The van der Waals surface area contributed by atoms with E-state index < -0.39 is 0 Å². The number of rotatable bonds is 0. The maximum Gasteiger partial charge on any atom is 0.0342 e. The van der Waals surface area contributed by atoms with Gasteiger partial charge >= 0.3 is 0 Å². The average Bonchev–Trinajstić information content (AvgIpc) is 1.82. The largest absolute Gasteiger partial charge is 0.146 e. The number of hydrogen-bond acceptors (Lipinski definition) is 1. The van der Waals surface area contributed by atoms with Crippen LogP contribution in [0.15, 0.2) is 0 Å². The molecule has 0 saturated carbocycles. The highest BCUT2D eigenvalue weighted by atomic mass is 19.2. The number of hydrogen-bond donors (Lipinski definition) is 0. The standard InChI is InChI=1S/C6H12FN/c1-6(2)3-4-8(7)5-6/h3-5H2,1-2H3. The molecular formula is C6H12FN. The Morgan fingerprint density at radius 1 is 1.50 bits per heavy atom. The van der Waals surface area contributed by atoms with Gasteiger partial charge in [0, 0.05) is 13.1 Å². The van der Waals surface area contributed by atoms with Gasteiger partial charge in [0.1, 0.15) is 0 Å². The Morgan fingerprint density at radius 2 is 2.12 bits per heavy atom. The quantitative estimate of drug-likeness (QED) is 0.436. The predicted molar refractivity (Wildman–Crippen MR) is 31.1 cm³/mol. The minimum Gasteiger partial charge on any atom is -0.146 e. The van der Waals surface area contributed by atoms with E-state index in [0.29, 0.717) is 13.1 Å². The van der Waals surface area contributed by atoms with Crippen molar-refractivity contribution in [3.8, 4) is 0 Å². The zero-order valence-electron chi connectivity index (χ0n) is 5.45. The van der Waals surface area contributed by atoms with E-state index in [4.69, 9.17) is 0 Å². The van der Waals surface area contributed by atoms with Crippen LogP contribution in [-0.2, 0) is 0 Å². The molecular weight excluding hydrogens is 105 g/mol. The lowest BCUT2D eigenvalue weighted by atomic mass is 9.93. The normalized spacial score (nSPS) is 28.9. The Hall–Kier alpha value is -0.110. The molecule has 1 fully saturated rings. The molecule has 1 aliphatic rings. The van der Waals surface area contributed by atoms with Gasteiger partial charge in [-0.1, -0.05) is 13.8 Å². The molecule has 1 saturated heterocycles. The zero-order chi connectivity index (χ0) is 6.20. The lowest BCUT2D eigenvalue weighted by molar-refractivity contribution is 0.0452. The van der Waals surface area contributed by atoms with Gasteiger partial charge in [-0.2, -0.15) is 0 Å². The van der Waals surface area contributed by atoms with E-state index in [9.17, 15) is 4.48 Å². The van der Waals surface area contributed by atoms with Gasteiger partial charge in [0.2, 0.25) is 0 Å². The van der Waals surface area contributed by atoms with E-state index in [1.807, 2.05) is 0 Å². The van der Waals surface area contributed by atoms with Crippen molar-refractivity contribution in [3.63, 3.8) is 0 Å². The smallest absolute Gasteiger partial charge is 0.0342 e. The van der Waals surface area contributed by atoms with Gasteiger partial charge in [0.05, 0.1) is 0 Å². The number of nitrogens with zero attached hydrogens (tertiary/aromatic N) is 1. The average molecular weight is 117 g/mol. The molecule has 1 heterocycles. The van der Waals surface area contributed by atoms with E-state index in [2.05, 4.69) is 13.8 Å². The van der Waals surface area contributed by atoms with Crippen molar-refractivity contribution in [1.82, 2.24) is 5.12 Å². The summed E-state index contributed by atoms with van der Waals surface area (Å²) in [7, 11) is 0. The first-order chi connectivity index (χ1) is 3.60. The fourth-order valence-electron chi connectivity index (χ4n) is 1.05. The van der Waals surface area contributed by atoms with Crippen LogP contribution in [0.3, 0.4) is 0 Å². The summed E-state index contributed by atoms with van der Waals surface area (Å²) < 4.78 is 12.3. The highest BCUT2D eigenvalue weighted by Gasteiger charge is 2.28. The van der Waals surface area contributed by atoms with Gasteiger partial charge < -0.3 is 0 Å². The van der Waals surface area contributed by atoms with Crippen molar-refractivity contribution in [2.75, 3.05) is 13.1 Å². The third-order valence-electron chi connectivity index (χ3n) is 1.63. The molecule has 0 aliphatic carbocycles. The lowest BCUT2D eigenvalue weighted by Crippen LogP contribution is -2.14. The molecule has 1 rings (SSSR count). The molecule has 0 N–H and O–H groups in total. The summed E-state index contributed by atoms with van der Waals surface area (Å²) in [5, 5.41) is 0.889. The van der Waals surface area contributed by atoms with Gasteiger partial charge in [-0.15, -0.1) is 9.60 Å². The van der Waals surface area contributed by atoms with Crippen LogP contribution < -0.4 is 0 Å². The summed E-state index contributed by atoms with van der Waals surface area (Å²) in [5.74, 6) is 0.